The molecule has 0 atom stereocenters. The van der Waals surface area contributed by atoms with Gasteiger partial charge in [-0.15, -0.1) is 0 Å². The first kappa shape index (κ1) is 19.0. The van der Waals surface area contributed by atoms with E-state index in [1.54, 1.807) is 18.2 Å². The zero-order chi connectivity index (χ0) is 18.6. The molecule has 2 amide bonds. The normalized spacial score (nSPS) is 11.1. The average molecular weight is 359 g/mol. The molecule has 0 aliphatic carbocycles. The molecule has 0 aliphatic heterocycles. The number of anilines is 2. The fourth-order valence-corrected chi connectivity index (χ4v) is 2.59. The van der Waals surface area contributed by atoms with Crippen LogP contribution >= 0.6 is 11.6 Å². The molecular formula is C20H23ClN2O2. The number of nitrogens with one attached hydrogen (secondary N) is 2. The van der Waals surface area contributed by atoms with Crippen molar-refractivity contribution in [3.63, 3.8) is 0 Å². The lowest BCUT2D eigenvalue weighted by Gasteiger charge is -2.19. The Balaban J connectivity index is 1.92. The molecule has 0 radical (unpaired) electrons. The highest BCUT2D eigenvalue weighted by atomic mass is 35.5. The van der Waals surface area contributed by atoms with Crippen molar-refractivity contribution in [3.8, 4) is 0 Å². The Kier molecular flexibility index (Phi) is 5.85. The molecule has 2 aromatic carbocycles. The van der Waals surface area contributed by atoms with Crippen LogP contribution in [0.3, 0.4) is 0 Å². The van der Waals surface area contributed by atoms with Crippen LogP contribution in [-0.4, -0.2) is 11.8 Å². The summed E-state index contributed by atoms with van der Waals surface area (Å²) in [7, 11) is 0. The van der Waals surface area contributed by atoms with Crippen LogP contribution < -0.4 is 10.6 Å². The lowest BCUT2D eigenvalue weighted by Crippen LogP contribution is -2.21. The van der Waals surface area contributed by atoms with Gasteiger partial charge < -0.3 is 10.6 Å². The predicted molar refractivity (Wildman–Crippen MR) is 103 cm³/mol. The fraction of sp³-hybridized carbons (Fsp3) is 0.300. The average Bonchev–Trinajstić information content (AvgIpc) is 2.49. The molecule has 5 heteroatoms. The summed E-state index contributed by atoms with van der Waals surface area (Å²) in [5, 5.41) is 6.07. The van der Waals surface area contributed by atoms with Crippen LogP contribution in [-0.2, 0) is 15.0 Å². The number of carbonyl (C=O) groups is 2. The van der Waals surface area contributed by atoms with Gasteiger partial charge in [0, 0.05) is 16.4 Å². The number of aryl methyl sites for hydroxylation is 1. The highest BCUT2D eigenvalue weighted by Gasteiger charge is 2.14. The molecule has 0 bridgehead atoms. The topological polar surface area (TPSA) is 58.2 Å². The number of hydrogen-bond donors (Lipinski definition) is 2. The second-order valence-electron chi connectivity index (χ2n) is 7.06. The number of benzene rings is 2. The van der Waals surface area contributed by atoms with Gasteiger partial charge in [-0.3, -0.25) is 9.59 Å². The van der Waals surface area contributed by atoms with Crippen LogP contribution in [0.1, 0.15) is 38.3 Å². The van der Waals surface area contributed by atoms with E-state index in [1.807, 2.05) is 31.2 Å². The first-order chi connectivity index (χ1) is 11.6. The van der Waals surface area contributed by atoms with E-state index in [0.717, 1.165) is 5.56 Å². The summed E-state index contributed by atoms with van der Waals surface area (Å²) >= 11 is 5.89. The molecular weight excluding hydrogens is 336 g/mol. The smallest absolute Gasteiger partial charge is 0.233 e. The molecule has 2 aromatic rings. The third-order valence-electron chi connectivity index (χ3n) is 3.82. The van der Waals surface area contributed by atoms with Crippen molar-refractivity contribution in [2.45, 2.75) is 39.5 Å². The number of halogens is 1. The maximum absolute atomic E-state index is 12.0. The van der Waals surface area contributed by atoms with E-state index in [2.05, 4.69) is 31.4 Å². The van der Waals surface area contributed by atoms with E-state index in [9.17, 15) is 9.59 Å². The van der Waals surface area contributed by atoms with Gasteiger partial charge in [0.25, 0.3) is 0 Å². The molecule has 0 fully saturated rings. The monoisotopic (exact) mass is 358 g/mol. The van der Waals surface area contributed by atoms with Crippen molar-refractivity contribution in [2.75, 3.05) is 10.6 Å². The van der Waals surface area contributed by atoms with Gasteiger partial charge >= 0.3 is 0 Å². The zero-order valence-electron chi connectivity index (χ0n) is 14.9. The van der Waals surface area contributed by atoms with E-state index in [1.165, 1.54) is 5.56 Å². The summed E-state index contributed by atoms with van der Waals surface area (Å²) in [6.07, 6.45) is -0.247. The Morgan fingerprint density at radius 3 is 2.12 bits per heavy atom. The Bertz CT molecular complexity index is 777. The summed E-state index contributed by atoms with van der Waals surface area (Å²) in [6, 6.07) is 12.8. The third-order valence-corrected chi connectivity index (χ3v) is 4.05. The van der Waals surface area contributed by atoms with E-state index in [0.29, 0.717) is 16.4 Å². The van der Waals surface area contributed by atoms with Gasteiger partial charge in [0.1, 0.15) is 6.42 Å². The van der Waals surface area contributed by atoms with Crippen molar-refractivity contribution in [3.05, 3.63) is 58.6 Å². The minimum absolute atomic E-state index is 0.0544. The lowest BCUT2D eigenvalue weighted by molar-refractivity contribution is -0.123. The van der Waals surface area contributed by atoms with Gasteiger partial charge in [0.05, 0.1) is 0 Å². The van der Waals surface area contributed by atoms with E-state index < -0.39 is 0 Å². The van der Waals surface area contributed by atoms with Crippen LogP contribution in [0.15, 0.2) is 42.5 Å². The predicted octanol–water partition coefficient (Wildman–Crippen LogP) is 4.91. The minimum atomic E-state index is -0.366. The standard InChI is InChI=1S/C20H23ClN2O2/c1-13-11-15(21)7-10-17(13)23-19(25)12-18(24)22-16-8-5-14(6-9-16)20(2,3)4/h5-11H,12H2,1-4H3,(H,22,24)(H,23,25). The van der Waals surface area contributed by atoms with E-state index in [4.69, 9.17) is 11.6 Å². The maximum Gasteiger partial charge on any atom is 0.233 e. The molecule has 0 spiro atoms. The summed E-state index contributed by atoms with van der Waals surface area (Å²) in [4.78, 5) is 24.1. The second kappa shape index (κ2) is 7.70. The molecule has 0 unspecified atom stereocenters. The molecule has 0 aliphatic rings. The Morgan fingerprint density at radius 2 is 1.56 bits per heavy atom. The largest absolute Gasteiger partial charge is 0.326 e. The van der Waals surface area contributed by atoms with Gasteiger partial charge in [-0.2, -0.15) is 0 Å². The molecule has 0 aromatic heterocycles. The molecule has 132 valence electrons. The maximum atomic E-state index is 12.0. The molecule has 2 N–H and O–H groups in total. The van der Waals surface area contributed by atoms with Gasteiger partial charge in [0.15, 0.2) is 0 Å². The number of amides is 2. The molecule has 2 rings (SSSR count). The van der Waals surface area contributed by atoms with Crippen LogP contribution in [0, 0.1) is 6.92 Å². The van der Waals surface area contributed by atoms with Crippen molar-refractivity contribution in [1.29, 1.82) is 0 Å². The highest BCUT2D eigenvalue weighted by Crippen LogP contribution is 2.23. The Morgan fingerprint density at radius 1 is 0.960 bits per heavy atom. The fourth-order valence-electron chi connectivity index (χ4n) is 2.37. The van der Waals surface area contributed by atoms with Crippen molar-refractivity contribution < 1.29 is 9.59 Å². The molecule has 25 heavy (non-hydrogen) atoms. The quantitative estimate of drug-likeness (QED) is 0.762. The highest BCUT2D eigenvalue weighted by molar-refractivity contribution is 6.30. The Labute approximate surface area is 153 Å². The van der Waals surface area contributed by atoms with Crippen LogP contribution in [0.5, 0.6) is 0 Å². The van der Waals surface area contributed by atoms with Crippen molar-refractivity contribution in [1.82, 2.24) is 0 Å². The SMILES string of the molecule is Cc1cc(Cl)ccc1NC(=O)CC(=O)Nc1ccc(C(C)(C)C)cc1. The van der Waals surface area contributed by atoms with Gasteiger partial charge in [-0.05, 0) is 53.8 Å². The lowest BCUT2D eigenvalue weighted by atomic mass is 9.87. The van der Waals surface area contributed by atoms with E-state index >= 15 is 0 Å². The summed E-state index contributed by atoms with van der Waals surface area (Å²) in [5.74, 6) is -0.721. The van der Waals surface area contributed by atoms with Gasteiger partial charge in [-0.25, -0.2) is 0 Å². The number of carbonyl (C=O) groups excluding carboxylic acids is 2. The van der Waals surface area contributed by atoms with Crippen LogP contribution in [0.25, 0.3) is 0 Å². The minimum Gasteiger partial charge on any atom is -0.326 e. The zero-order valence-corrected chi connectivity index (χ0v) is 15.7. The van der Waals surface area contributed by atoms with Crippen LogP contribution in [0.2, 0.25) is 5.02 Å². The third kappa shape index (κ3) is 5.61. The Hall–Kier alpha value is -2.33. The summed E-state index contributed by atoms with van der Waals surface area (Å²) < 4.78 is 0. The molecule has 0 saturated heterocycles. The van der Waals surface area contributed by atoms with Crippen molar-refractivity contribution >= 4 is 34.8 Å². The second-order valence-corrected chi connectivity index (χ2v) is 7.50. The van der Waals surface area contributed by atoms with E-state index in [-0.39, 0.29) is 23.7 Å². The van der Waals surface area contributed by atoms with Crippen molar-refractivity contribution in [2.24, 2.45) is 0 Å². The van der Waals surface area contributed by atoms with Crippen LogP contribution in [0.4, 0.5) is 11.4 Å². The molecule has 0 saturated carbocycles. The summed E-state index contributed by atoms with van der Waals surface area (Å²) in [5.41, 5.74) is 3.41. The number of hydrogen-bond acceptors (Lipinski definition) is 2. The molecule has 0 heterocycles. The molecule has 4 nitrogen and oxygen atoms in total. The first-order valence-corrected chi connectivity index (χ1v) is 8.49. The number of rotatable bonds is 4. The van der Waals surface area contributed by atoms with Gasteiger partial charge in [0.2, 0.25) is 11.8 Å². The summed E-state index contributed by atoms with van der Waals surface area (Å²) in [6.45, 7) is 8.23. The first-order valence-electron chi connectivity index (χ1n) is 8.11. The van der Waals surface area contributed by atoms with Gasteiger partial charge in [-0.1, -0.05) is 44.5 Å².